The van der Waals surface area contributed by atoms with Gasteiger partial charge in [0.1, 0.15) is 0 Å². The van der Waals surface area contributed by atoms with Crippen molar-refractivity contribution in [2.24, 2.45) is 0 Å². The summed E-state index contributed by atoms with van der Waals surface area (Å²) >= 11 is 0. The molecule has 0 aromatic rings. The third-order valence-electron chi connectivity index (χ3n) is 1.19. The van der Waals surface area contributed by atoms with Gasteiger partial charge in [-0.05, 0) is 19.9 Å². The molecule has 1 amide bonds. The zero-order valence-corrected chi connectivity index (χ0v) is 8.39. The predicted molar refractivity (Wildman–Crippen MR) is 57.4 cm³/mol. The van der Waals surface area contributed by atoms with Crippen LogP contribution in [0.3, 0.4) is 0 Å². The molecule has 14 heavy (non-hydrogen) atoms. The summed E-state index contributed by atoms with van der Waals surface area (Å²) in [5.41, 5.74) is -1.00. The summed E-state index contributed by atoms with van der Waals surface area (Å²) in [5.74, 6) is -1.01. The number of rotatable bonds is 4. The summed E-state index contributed by atoms with van der Waals surface area (Å²) in [7, 11) is -4.08. The fourth-order valence-electron chi connectivity index (χ4n) is 0.877. The van der Waals surface area contributed by atoms with Crippen molar-refractivity contribution < 1.29 is 17.8 Å². The standard InChI is InChI=1S/C7H13NO4S.Ca.2H/c1-4-6(9)8-7(2,3)5-13(10,11)12;;;/h4H,1,5H2,2-3H3,(H,8,9)(H,10,11,12);;;. The topological polar surface area (TPSA) is 83.5 Å². The van der Waals surface area contributed by atoms with Crippen molar-refractivity contribution in [3.8, 4) is 0 Å². The van der Waals surface area contributed by atoms with Crippen LogP contribution in [0.2, 0.25) is 0 Å². The first-order valence-electron chi connectivity index (χ1n) is 3.56. The molecule has 0 aliphatic rings. The fraction of sp³-hybridized carbons (Fsp3) is 0.571. The van der Waals surface area contributed by atoms with Crippen molar-refractivity contribution in [2.45, 2.75) is 19.4 Å². The van der Waals surface area contributed by atoms with Crippen molar-refractivity contribution in [3.05, 3.63) is 12.7 Å². The van der Waals surface area contributed by atoms with Gasteiger partial charge in [-0.25, -0.2) is 0 Å². The molecule has 5 nitrogen and oxygen atoms in total. The Labute approximate surface area is 114 Å². The predicted octanol–water partition coefficient (Wildman–Crippen LogP) is -0.961. The van der Waals surface area contributed by atoms with Crippen LogP contribution in [0.15, 0.2) is 12.7 Å². The van der Waals surface area contributed by atoms with E-state index in [0.29, 0.717) is 0 Å². The number of carbonyl (C=O) groups is 1. The average Bonchev–Trinajstić information content (AvgIpc) is 1.80. The quantitative estimate of drug-likeness (QED) is 0.382. The second kappa shape index (κ2) is 6.07. The van der Waals surface area contributed by atoms with Gasteiger partial charge in [0.25, 0.3) is 10.1 Å². The normalized spacial score (nSPS) is 11.4. The second-order valence-electron chi connectivity index (χ2n) is 3.30. The van der Waals surface area contributed by atoms with Gasteiger partial charge in [0, 0.05) is 0 Å². The Morgan fingerprint density at radius 1 is 1.57 bits per heavy atom. The minimum atomic E-state index is -4.08. The van der Waals surface area contributed by atoms with E-state index < -0.39 is 27.3 Å². The number of nitrogens with one attached hydrogen (secondary N) is 1. The monoisotopic (exact) mass is 249 g/mol. The van der Waals surface area contributed by atoms with E-state index >= 15 is 0 Å². The first-order valence-corrected chi connectivity index (χ1v) is 5.17. The number of carbonyl (C=O) groups excluding carboxylic acids is 1. The molecular formula is C7H15CaNO4S. The van der Waals surface area contributed by atoms with E-state index in [9.17, 15) is 13.2 Å². The van der Waals surface area contributed by atoms with Crippen LogP contribution in [0.25, 0.3) is 0 Å². The summed E-state index contributed by atoms with van der Waals surface area (Å²) in [4.78, 5) is 10.8. The van der Waals surface area contributed by atoms with Gasteiger partial charge in [-0.1, -0.05) is 6.58 Å². The Balaban J connectivity index is 0. The van der Waals surface area contributed by atoms with Crippen molar-refractivity contribution >= 4 is 53.8 Å². The summed E-state index contributed by atoms with van der Waals surface area (Å²) in [5, 5.41) is 2.37. The minimum absolute atomic E-state index is 0. The molecule has 0 fully saturated rings. The van der Waals surface area contributed by atoms with Crippen molar-refractivity contribution in [1.82, 2.24) is 5.32 Å². The molecule has 0 saturated heterocycles. The molecule has 0 aliphatic carbocycles. The third kappa shape index (κ3) is 8.96. The Kier molecular flexibility index (Phi) is 7.28. The van der Waals surface area contributed by atoms with E-state index in [1.807, 2.05) is 0 Å². The summed E-state index contributed by atoms with van der Waals surface area (Å²) in [6, 6.07) is 0. The maximum atomic E-state index is 10.8. The molecule has 0 rings (SSSR count). The molecule has 2 N–H and O–H groups in total. The summed E-state index contributed by atoms with van der Waals surface area (Å²) in [6.45, 7) is 6.19. The van der Waals surface area contributed by atoms with Crippen molar-refractivity contribution in [2.75, 3.05) is 5.75 Å². The van der Waals surface area contributed by atoms with Crippen LogP contribution < -0.4 is 5.32 Å². The van der Waals surface area contributed by atoms with Crippen LogP contribution in [0.4, 0.5) is 0 Å². The van der Waals surface area contributed by atoms with E-state index in [2.05, 4.69) is 11.9 Å². The average molecular weight is 249 g/mol. The Morgan fingerprint density at radius 2 is 2.00 bits per heavy atom. The van der Waals surface area contributed by atoms with E-state index in [1.165, 1.54) is 13.8 Å². The number of hydrogen-bond acceptors (Lipinski definition) is 3. The van der Waals surface area contributed by atoms with Crippen LogP contribution in [0, 0.1) is 0 Å². The van der Waals surface area contributed by atoms with Gasteiger partial charge in [-0.2, -0.15) is 8.42 Å². The van der Waals surface area contributed by atoms with Crippen molar-refractivity contribution in [1.29, 1.82) is 0 Å². The number of hydrogen-bond donors (Lipinski definition) is 2. The van der Waals surface area contributed by atoms with E-state index in [1.54, 1.807) is 0 Å². The van der Waals surface area contributed by atoms with Gasteiger partial charge in [-0.3, -0.25) is 9.35 Å². The molecule has 0 unspecified atom stereocenters. The van der Waals surface area contributed by atoms with Gasteiger partial charge >= 0.3 is 37.7 Å². The fourth-order valence-corrected chi connectivity index (χ4v) is 1.86. The Hall–Kier alpha value is 0.380. The van der Waals surface area contributed by atoms with E-state index in [4.69, 9.17) is 4.55 Å². The molecule has 0 spiro atoms. The Morgan fingerprint density at radius 3 is 2.29 bits per heavy atom. The molecular weight excluding hydrogens is 234 g/mol. The van der Waals surface area contributed by atoms with E-state index in [0.717, 1.165) is 6.08 Å². The first-order chi connectivity index (χ1) is 5.66. The summed E-state index contributed by atoms with van der Waals surface area (Å²) in [6.07, 6.45) is 1.03. The Bertz CT molecular complexity index is 310. The van der Waals surface area contributed by atoms with Crippen LogP contribution in [-0.4, -0.2) is 67.9 Å². The molecule has 0 atom stereocenters. The first kappa shape index (κ1) is 16.8. The van der Waals surface area contributed by atoms with Gasteiger partial charge in [-0.15, -0.1) is 0 Å². The summed E-state index contributed by atoms with van der Waals surface area (Å²) < 4.78 is 29.5. The molecule has 0 radical (unpaired) electrons. The van der Waals surface area contributed by atoms with Crippen LogP contribution in [-0.2, 0) is 14.9 Å². The molecule has 0 aromatic carbocycles. The second-order valence-corrected chi connectivity index (χ2v) is 4.76. The van der Waals surface area contributed by atoms with E-state index in [-0.39, 0.29) is 37.7 Å². The zero-order chi connectivity index (χ0) is 10.7. The van der Waals surface area contributed by atoms with Gasteiger partial charge in [0.2, 0.25) is 5.91 Å². The molecule has 0 heterocycles. The van der Waals surface area contributed by atoms with Crippen LogP contribution in [0.1, 0.15) is 13.8 Å². The van der Waals surface area contributed by atoms with Gasteiger partial charge in [0.05, 0.1) is 11.3 Å². The maximum absolute atomic E-state index is 10.8. The molecule has 0 saturated carbocycles. The SMILES string of the molecule is C=CC(=O)NC(C)(C)CS(=O)(=O)O.[CaH2]. The molecule has 0 bridgehead atoms. The van der Waals surface area contributed by atoms with Gasteiger partial charge < -0.3 is 5.32 Å². The molecule has 0 aromatic heterocycles. The third-order valence-corrected chi connectivity index (χ3v) is 2.28. The van der Waals surface area contributed by atoms with Gasteiger partial charge in [0.15, 0.2) is 0 Å². The molecule has 7 heteroatoms. The van der Waals surface area contributed by atoms with Crippen LogP contribution in [0.5, 0.6) is 0 Å². The molecule has 0 aliphatic heterocycles. The number of amides is 1. The van der Waals surface area contributed by atoms with Crippen molar-refractivity contribution in [3.63, 3.8) is 0 Å². The zero-order valence-electron chi connectivity index (χ0n) is 7.57. The molecule has 80 valence electrons. The van der Waals surface area contributed by atoms with Crippen LogP contribution >= 0.6 is 0 Å².